The molecule has 1 saturated heterocycles. The second-order valence-electron chi connectivity index (χ2n) is 4.25. The van der Waals surface area contributed by atoms with Gasteiger partial charge in [-0.1, -0.05) is 12.5 Å². The van der Waals surface area contributed by atoms with Crippen molar-refractivity contribution in [1.29, 1.82) is 0 Å². The molecule has 0 saturated carbocycles. The molecule has 88 valence electrons. The topological polar surface area (TPSA) is 41.1 Å². The van der Waals surface area contributed by atoms with Crippen LogP contribution in [0.15, 0.2) is 17.5 Å². The van der Waals surface area contributed by atoms with Crippen LogP contribution < -0.4 is 10.6 Å². The van der Waals surface area contributed by atoms with Gasteiger partial charge in [-0.05, 0) is 37.8 Å². The van der Waals surface area contributed by atoms with E-state index in [4.69, 9.17) is 0 Å². The Labute approximate surface area is 100 Å². The Morgan fingerprint density at radius 1 is 1.62 bits per heavy atom. The monoisotopic (exact) mass is 238 g/mol. The Morgan fingerprint density at radius 3 is 3.12 bits per heavy atom. The van der Waals surface area contributed by atoms with Crippen molar-refractivity contribution in [3.05, 3.63) is 22.4 Å². The highest BCUT2D eigenvalue weighted by Gasteiger charge is 2.22. The number of hydrogen-bond donors (Lipinski definition) is 2. The largest absolute Gasteiger partial charge is 0.347 e. The van der Waals surface area contributed by atoms with Crippen LogP contribution >= 0.6 is 11.3 Å². The highest BCUT2D eigenvalue weighted by molar-refractivity contribution is 7.10. The van der Waals surface area contributed by atoms with Gasteiger partial charge in [0, 0.05) is 4.88 Å². The van der Waals surface area contributed by atoms with Gasteiger partial charge in [0.05, 0.1) is 12.1 Å². The van der Waals surface area contributed by atoms with Gasteiger partial charge in [0.1, 0.15) is 0 Å². The molecule has 1 aliphatic heterocycles. The highest BCUT2D eigenvalue weighted by Crippen LogP contribution is 2.18. The average Bonchev–Trinajstić information content (AvgIpc) is 2.83. The van der Waals surface area contributed by atoms with E-state index in [9.17, 15) is 4.79 Å². The summed E-state index contributed by atoms with van der Waals surface area (Å²) >= 11 is 1.68. The number of rotatable bonds is 3. The molecule has 0 unspecified atom stereocenters. The lowest BCUT2D eigenvalue weighted by Crippen LogP contribution is -2.47. The predicted molar refractivity (Wildman–Crippen MR) is 66.5 cm³/mol. The maximum Gasteiger partial charge on any atom is 0.237 e. The molecule has 1 aromatic rings. The number of thiophene rings is 1. The van der Waals surface area contributed by atoms with E-state index in [1.165, 1.54) is 11.3 Å². The van der Waals surface area contributed by atoms with E-state index >= 15 is 0 Å². The number of piperidine rings is 1. The van der Waals surface area contributed by atoms with Crippen LogP contribution in [0.4, 0.5) is 0 Å². The first-order valence-electron chi connectivity index (χ1n) is 5.84. The van der Waals surface area contributed by atoms with Crippen LogP contribution in [-0.2, 0) is 4.79 Å². The van der Waals surface area contributed by atoms with Crippen molar-refractivity contribution in [2.45, 2.75) is 38.3 Å². The first-order chi connectivity index (χ1) is 7.77. The van der Waals surface area contributed by atoms with E-state index in [1.54, 1.807) is 11.3 Å². The number of nitrogens with one attached hydrogen (secondary N) is 2. The molecule has 1 fully saturated rings. The molecular formula is C12H18N2OS. The Kier molecular flexibility index (Phi) is 3.96. The van der Waals surface area contributed by atoms with Gasteiger partial charge in [-0.15, -0.1) is 11.3 Å². The first kappa shape index (κ1) is 11.6. The summed E-state index contributed by atoms with van der Waals surface area (Å²) in [7, 11) is 0. The Bertz CT molecular complexity index is 331. The zero-order chi connectivity index (χ0) is 11.4. The lowest BCUT2D eigenvalue weighted by Gasteiger charge is -2.24. The van der Waals surface area contributed by atoms with Crippen molar-refractivity contribution >= 4 is 17.2 Å². The fourth-order valence-electron chi connectivity index (χ4n) is 2.00. The first-order valence-corrected chi connectivity index (χ1v) is 6.72. The molecule has 2 rings (SSSR count). The number of hydrogen-bond acceptors (Lipinski definition) is 3. The third-order valence-electron chi connectivity index (χ3n) is 2.96. The van der Waals surface area contributed by atoms with Crippen molar-refractivity contribution in [2.24, 2.45) is 0 Å². The van der Waals surface area contributed by atoms with E-state index < -0.39 is 0 Å². The molecule has 4 heteroatoms. The fourth-order valence-corrected chi connectivity index (χ4v) is 2.73. The van der Waals surface area contributed by atoms with E-state index in [0.29, 0.717) is 0 Å². The van der Waals surface area contributed by atoms with Crippen LogP contribution in [0.1, 0.15) is 37.1 Å². The molecule has 0 aliphatic carbocycles. The highest BCUT2D eigenvalue weighted by atomic mass is 32.1. The third-order valence-corrected chi connectivity index (χ3v) is 4.01. The summed E-state index contributed by atoms with van der Waals surface area (Å²) in [4.78, 5) is 13.1. The smallest absolute Gasteiger partial charge is 0.237 e. The van der Waals surface area contributed by atoms with Gasteiger partial charge < -0.3 is 10.6 Å². The zero-order valence-corrected chi connectivity index (χ0v) is 10.3. The standard InChI is InChI=1S/C12H18N2OS/c1-9(11-6-4-8-16-11)14-12(15)10-5-2-3-7-13-10/h4,6,8-10,13H,2-3,5,7H2,1H3,(H,14,15)/t9-,10-/m0/s1. The predicted octanol–water partition coefficient (Wildman–Crippen LogP) is 2.07. The summed E-state index contributed by atoms with van der Waals surface area (Å²) in [6.07, 6.45) is 3.30. The van der Waals surface area contributed by atoms with Gasteiger partial charge in [0.2, 0.25) is 5.91 Å². The maximum absolute atomic E-state index is 11.9. The van der Waals surface area contributed by atoms with Crippen LogP contribution in [0.5, 0.6) is 0 Å². The van der Waals surface area contributed by atoms with E-state index in [1.807, 2.05) is 18.4 Å². The molecule has 0 aromatic carbocycles. The molecule has 2 N–H and O–H groups in total. The molecule has 1 aromatic heterocycles. The molecule has 2 heterocycles. The SMILES string of the molecule is C[C@H](NC(=O)[C@@H]1CCCCN1)c1cccs1. The van der Waals surface area contributed by atoms with Crippen LogP contribution in [0.3, 0.4) is 0 Å². The van der Waals surface area contributed by atoms with E-state index in [2.05, 4.69) is 16.7 Å². The van der Waals surface area contributed by atoms with Crippen LogP contribution in [0, 0.1) is 0 Å². The molecule has 2 atom stereocenters. The lowest BCUT2D eigenvalue weighted by atomic mass is 10.0. The van der Waals surface area contributed by atoms with E-state index in [-0.39, 0.29) is 18.0 Å². The zero-order valence-electron chi connectivity index (χ0n) is 9.53. The van der Waals surface area contributed by atoms with Gasteiger partial charge in [-0.25, -0.2) is 0 Å². The number of carbonyl (C=O) groups excluding carboxylic acids is 1. The minimum atomic E-state index is 0.0103. The minimum absolute atomic E-state index is 0.0103. The van der Waals surface area contributed by atoms with Crippen molar-refractivity contribution in [3.63, 3.8) is 0 Å². The summed E-state index contributed by atoms with van der Waals surface area (Å²) < 4.78 is 0. The van der Waals surface area contributed by atoms with E-state index in [0.717, 1.165) is 19.4 Å². The molecular weight excluding hydrogens is 220 g/mol. The average molecular weight is 238 g/mol. The van der Waals surface area contributed by atoms with Gasteiger partial charge in [-0.3, -0.25) is 4.79 Å². The summed E-state index contributed by atoms with van der Waals surface area (Å²) in [6.45, 7) is 3.00. The molecule has 3 nitrogen and oxygen atoms in total. The normalized spacial score (nSPS) is 22.7. The van der Waals surface area contributed by atoms with Gasteiger partial charge >= 0.3 is 0 Å². The summed E-state index contributed by atoms with van der Waals surface area (Å²) in [5, 5.41) is 8.36. The van der Waals surface area contributed by atoms with Crippen LogP contribution in [-0.4, -0.2) is 18.5 Å². The molecule has 0 bridgehead atoms. The molecule has 0 radical (unpaired) electrons. The number of amides is 1. The summed E-state index contributed by atoms with van der Waals surface area (Å²) in [5.74, 6) is 0.139. The van der Waals surface area contributed by atoms with Crippen molar-refractivity contribution in [1.82, 2.24) is 10.6 Å². The second-order valence-corrected chi connectivity index (χ2v) is 5.23. The van der Waals surface area contributed by atoms with Gasteiger partial charge in [0.15, 0.2) is 0 Å². The Hall–Kier alpha value is -0.870. The fraction of sp³-hybridized carbons (Fsp3) is 0.583. The van der Waals surface area contributed by atoms with Crippen LogP contribution in [0.25, 0.3) is 0 Å². The van der Waals surface area contributed by atoms with Crippen molar-refractivity contribution in [3.8, 4) is 0 Å². The quantitative estimate of drug-likeness (QED) is 0.846. The van der Waals surface area contributed by atoms with Gasteiger partial charge in [-0.2, -0.15) is 0 Å². The molecule has 1 aliphatic rings. The third kappa shape index (κ3) is 2.83. The minimum Gasteiger partial charge on any atom is -0.347 e. The van der Waals surface area contributed by atoms with Gasteiger partial charge in [0.25, 0.3) is 0 Å². The maximum atomic E-state index is 11.9. The van der Waals surface area contributed by atoms with Crippen molar-refractivity contribution < 1.29 is 4.79 Å². The van der Waals surface area contributed by atoms with Crippen molar-refractivity contribution in [2.75, 3.05) is 6.54 Å². The lowest BCUT2D eigenvalue weighted by molar-refractivity contribution is -0.124. The summed E-state index contributed by atoms with van der Waals surface area (Å²) in [6, 6.07) is 4.21. The summed E-state index contributed by atoms with van der Waals surface area (Å²) in [5.41, 5.74) is 0. The molecule has 0 spiro atoms. The van der Waals surface area contributed by atoms with Crippen LogP contribution in [0.2, 0.25) is 0 Å². The Morgan fingerprint density at radius 2 is 2.50 bits per heavy atom. The Balaban J connectivity index is 1.86. The molecule has 16 heavy (non-hydrogen) atoms. The molecule has 1 amide bonds. The second kappa shape index (κ2) is 5.46. The number of carbonyl (C=O) groups is 1.